The Morgan fingerprint density at radius 3 is 2.68 bits per heavy atom. The number of methoxy groups -OCH3 is 1. The summed E-state index contributed by atoms with van der Waals surface area (Å²) in [7, 11) is 1.71. The van der Waals surface area contributed by atoms with Crippen LogP contribution in [0.25, 0.3) is 10.8 Å². The molecule has 2 rings (SSSR count). The van der Waals surface area contributed by atoms with Crippen LogP contribution in [0.1, 0.15) is 6.42 Å². The van der Waals surface area contributed by atoms with E-state index in [0.29, 0.717) is 6.61 Å². The van der Waals surface area contributed by atoms with Gasteiger partial charge in [-0.25, -0.2) is 0 Å². The van der Waals surface area contributed by atoms with Crippen LogP contribution >= 0.6 is 0 Å². The fourth-order valence-corrected chi connectivity index (χ4v) is 2.04. The van der Waals surface area contributed by atoms with Gasteiger partial charge in [-0.3, -0.25) is 0 Å². The molecule has 0 fully saturated rings. The second kappa shape index (κ2) is 7.77. The van der Waals surface area contributed by atoms with E-state index in [-0.39, 0.29) is 0 Å². The van der Waals surface area contributed by atoms with Crippen molar-refractivity contribution < 1.29 is 9.47 Å². The first-order valence-corrected chi connectivity index (χ1v) is 6.70. The zero-order valence-electron chi connectivity index (χ0n) is 11.4. The van der Waals surface area contributed by atoms with E-state index in [1.54, 1.807) is 7.11 Å². The molecule has 102 valence electrons. The van der Waals surface area contributed by atoms with Crippen molar-refractivity contribution in [1.29, 1.82) is 0 Å². The molecule has 0 aliphatic carbocycles. The van der Waals surface area contributed by atoms with Crippen LogP contribution in [-0.4, -0.2) is 33.5 Å². The van der Waals surface area contributed by atoms with E-state index in [0.717, 1.165) is 26.2 Å². The van der Waals surface area contributed by atoms with E-state index in [1.165, 1.54) is 16.5 Å². The van der Waals surface area contributed by atoms with Gasteiger partial charge < -0.3 is 14.8 Å². The lowest BCUT2D eigenvalue weighted by molar-refractivity contribution is 0.109. The van der Waals surface area contributed by atoms with Crippen molar-refractivity contribution in [1.82, 2.24) is 0 Å². The highest BCUT2D eigenvalue weighted by atomic mass is 16.5. The number of nitrogens with one attached hydrogen (secondary N) is 1. The topological polar surface area (TPSA) is 30.5 Å². The van der Waals surface area contributed by atoms with Crippen molar-refractivity contribution in [3.63, 3.8) is 0 Å². The van der Waals surface area contributed by atoms with Crippen LogP contribution in [0.5, 0.6) is 0 Å². The molecule has 1 N–H and O–H groups in total. The Labute approximate surface area is 114 Å². The largest absolute Gasteiger partial charge is 0.385 e. The van der Waals surface area contributed by atoms with Gasteiger partial charge in [-0.1, -0.05) is 36.4 Å². The third-order valence-corrected chi connectivity index (χ3v) is 2.99. The van der Waals surface area contributed by atoms with Gasteiger partial charge in [-0.15, -0.1) is 0 Å². The third-order valence-electron chi connectivity index (χ3n) is 2.99. The molecule has 0 unspecified atom stereocenters. The fraction of sp³-hybridized carbons (Fsp3) is 0.375. The van der Waals surface area contributed by atoms with Crippen molar-refractivity contribution in [2.75, 3.05) is 38.8 Å². The predicted molar refractivity (Wildman–Crippen MR) is 79.7 cm³/mol. The SMILES string of the molecule is COCCCOCCNc1cccc2ccccc12. The molecule has 2 aromatic rings. The lowest BCUT2D eigenvalue weighted by Gasteiger charge is -2.10. The Morgan fingerprint density at radius 2 is 1.79 bits per heavy atom. The molecule has 0 spiro atoms. The van der Waals surface area contributed by atoms with E-state index in [9.17, 15) is 0 Å². The van der Waals surface area contributed by atoms with Gasteiger partial charge in [-0.05, 0) is 17.9 Å². The highest BCUT2D eigenvalue weighted by Crippen LogP contribution is 2.22. The first-order chi connectivity index (χ1) is 9.42. The molecule has 0 radical (unpaired) electrons. The summed E-state index contributed by atoms with van der Waals surface area (Å²) in [6.45, 7) is 3.05. The molecule has 0 saturated heterocycles. The standard InChI is InChI=1S/C16H21NO2/c1-18-11-5-12-19-13-10-17-16-9-4-7-14-6-2-3-8-15(14)16/h2-4,6-9,17H,5,10-13H2,1H3. The molecule has 0 amide bonds. The summed E-state index contributed by atoms with van der Waals surface area (Å²) in [6.07, 6.45) is 0.949. The molecule has 3 nitrogen and oxygen atoms in total. The van der Waals surface area contributed by atoms with E-state index in [1.807, 2.05) is 0 Å². The molecular weight excluding hydrogens is 238 g/mol. The Balaban J connectivity index is 1.78. The van der Waals surface area contributed by atoms with E-state index in [2.05, 4.69) is 47.8 Å². The van der Waals surface area contributed by atoms with Gasteiger partial charge in [-0.2, -0.15) is 0 Å². The Kier molecular flexibility index (Phi) is 5.66. The monoisotopic (exact) mass is 259 g/mol. The number of hydrogen-bond donors (Lipinski definition) is 1. The molecule has 0 heterocycles. The fourth-order valence-electron chi connectivity index (χ4n) is 2.04. The van der Waals surface area contributed by atoms with Crippen LogP contribution in [0.3, 0.4) is 0 Å². The lowest BCUT2D eigenvalue weighted by atomic mass is 10.1. The van der Waals surface area contributed by atoms with Crippen molar-refractivity contribution in [3.05, 3.63) is 42.5 Å². The summed E-state index contributed by atoms with van der Waals surface area (Å²) in [5.74, 6) is 0. The zero-order valence-corrected chi connectivity index (χ0v) is 11.4. The van der Waals surface area contributed by atoms with Gasteiger partial charge in [0.1, 0.15) is 0 Å². The molecule has 19 heavy (non-hydrogen) atoms. The van der Waals surface area contributed by atoms with Crippen molar-refractivity contribution in [2.24, 2.45) is 0 Å². The van der Waals surface area contributed by atoms with E-state index >= 15 is 0 Å². The van der Waals surface area contributed by atoms with Crippen LogP contribution in [-0.2, 0) is 9.47 Å². The molecule has 0 saturated carbocycles. The summed E-state index contributed by atoms with van der Waals surface area (Å²) in [4.78, 5) is 0. The number of hydrogen-bond acceptors (Lipinski definition) is 3. The molecule has 0 bridgehead atoms. The van der Waals surface area contributed by atoms with E-state index in [4.69, 9.17) is 9.47 Å². The number of anilines is 1. The second-order valence-electron chi connectivity index (χ2n) is 4.41. The zero-order chi connectivity index (χ0) is 13.3. The second-order valence-corrected chi connectivity index (χ2v) is 4.41. The molecule has 2 aromatic carbocycles. The highest BCUT2D eigenvalue weighted by Gasteiger charge is 1.98. The minimum Gasteiger partial charge on any atom is -0.385 e. The van der Waals surface area contributed by atoms with Crippen molar-refractivity contribution >= 4 is 16.5 Å². The smallest absolute Gasteiger partial charge is 0.0639 e. The normalized spacial score (nSPS) is 10.8. The first-order valence-electron chi connectivity index (χ1n) is 6.70. The highest BCUT2D eigenvalue weighted by molar-refractivity contribution is 5.93. The Morgan fingerprint density at radius 1 is 0.947 bits per heavy atom. The molecule has 3 heteroatoms. The number of ether oxygens (including phenoxy) is 2. The lowest BCUT2D eigenvalue weighted by Crippen LogP contribution is -2.10. The van der Waals surface area contributed by atoms with Gasteiger partial charge in [0.2, 0.25) is 0 Å². The quantitative estimate of drug-likeness (QED) is 0.738. The first kappa shape index (κ1) is 13.8. The maximum Gasteiger partial charge on any atom is 0.0639 e. The number of fused-ring (bicyclic) bond motifs is 1. The predicted octanol–water partition coefficient (Wildman–Crippen LogP) is 3.30. The summed E-state index contributed by atoms with van der Waals surface area (Å²) < 4.78 is 10.5. The van der Waals surface area contributed by atoms with E-state index < -0.39 is 0 Å². The molecular formula is C16H21NO2. The average Bonchev–Trinajstić information content (AvgIpc) is 2.46. The van der Waals surface area contributed by atoms with Crippen molar-refractivity contribution in [3.8, 4) is 0 Å². The van der Waals surface area contributed by atoms with Crippen LogP contribution in [0, 0.1) is 0 Å². The van der Waals surface area contributed by atoms with Crippen LogP contribution in [0.4, 0.5) is 5.69 Å². The Bertz CT molecular complexity index is 494. The summed E-state index contributed by atoms with van der Waals surface area (Å²) >= 11 is 0. The molecule has 0 aromatic heterocycles. The van der Waals surface area contributed by atoms with Crippen LogP contribution in [0.2, 0.25) is 0 Å². The molecule has 0 aliphatic heterocycles. The third kappa shape index (κ3) is 4.23. The summed E-state index contributed by atoms with van der Waals surface area (Å²) in [5, 5.41) is 5.93. The van der Waals surface area contributed by atoms with Crippen LogP contribution in [0.15, 0.2) is 42.5 Å². The minimum atomic E-state index is 0.715. The summed E-state index contributed by atoms with van der Waals surface area (Å²) in [6, 6.07) is 14.7. The number of rotatable bonds is 8. The van der Waals surface area contributed by atoms with Crippen molar-refractivity contribution in [2.45, 2.75) is 6.42 Å². The maximum atomic E-state index is 5.53. The molecule has 0 aliphatic rings. The van der Waals surface area contributed by atoms with Gasteiger partial charge in [0.15, 0.2) is 0 Å². The van der Waals surface area contributed by atoms with Crippen LogP contribution < -0.4 is 5.32 Å². The van der Waals surface area contributed by atoms with Gasteiger partial charge in [0.25, 0.3) is 0 Å². The van der Waals surface area contributed by atoms with Gasteiger partial charge in [0.05, 0.1) is 6.61 Å². The average molecular weight is 259 g/mol. The number of benzene rings is 2. The molecule has 0 atom stereocenters. The minimum absolute atomic E-state index is 0.715. The maximum absolute atomic E-state index is 5.53. The summed E-state index contributed by atoms with van der Waals surface area (Å²) in [5.41, 5.74) is 1.17. The van der Waals surface area contributed by atoms with Gasteiger partial charge >= 0.3 is 0 Å². The van der Waals surface area contributed by atoms with Gasteiger partial charge in [0, 0.05) is 37.9 Å². The Hall–Kier alpha value is -1.58.